The average Bonchev–Trinajstić information content (AvgIpc) is 3.93. The number of anilines is 1. The number of aromatic nitrogens is 4. The third-order valence-electron chi connectivity index (χ3n) is 11.1. The van der Waals surface area contributed by atoms with E-state index in [1.807, 2.05) is 62.6 Å². The standard InChI is InChI=1S/C44H49N7/c1-41(2)33-21-22-34(45-33)42(3,4)36-25-26-38(47-36)44(7,8)40-29(27-39(48-40)43(5,6)37-24-23-35(41)46-37)14-11-28-12-15-30(16-13-28)49-50-31-17-19-32(20-18-31)51(9)10/h12-13,15-27,45-48H,1-10H3. The van der Waals surface area contributed by atoms with Crippen LogP contribution in [0.25, 0.3) is 0 Å². The van der Waals surface area contributed by atoms with Crippen molar-refractivity contribution in [2.75, 3.05) is 19.0 Å². The molecular formula is C44H49N7. The number of nitrogens with one attached hydrogen (secondary N) is 4. The summed E-state index contributed by atoms with van der Waals surface area (Å²) in [6.07, 6.45) is 0. The lowest BCUT2D eigenvalue weighted by atomic mass is 9.83. The Kier molecular flexibility index (Phi) is 8.06. The number of hydrogen-bond donors (Lipinski definition) is 4. The molecule has 0 unspecified atom stereocenters. The largest absolute Gasteiger partial charge is 0.378 e. The Morgan fingerprint density at radius 2 is 0.843 bits per heavy atom. The highest BCUT2D eigenvalue weighted by Crippen LogP contribution is 2.41. The van der Waals surface area contributed by atoms with E-state index in [1.54, 1.807) is 0 Å². The Bertz CT molecular complexity index is 2280. The maximum absolute atomic E-state index is 4.45. The fourth-order valence-corrected chi connectivity index (χ4v) is 7.01. The molecule has 6 aromatic rings. The molecular weight excluding hydrogens is 627 g/mol. The molecule has 5 heterocycles. The van der Waals surface area contributed by atoms with Crippen molar-refractivity contribution in [3.05, 3.63) is 148 Å². The molecule has 8 bridgehead atoms. The van der Waals surface area contributed by atoms with Gasteiger partial charge in [-0.05, 0) is 146 Å². The van der Waals surface area contributed by atoms with Crippen LogP contribution < -0.4 is 4.90 Å². The van der Waals surface area contributed by atoms with Crippen LogP contribution in [0.1, 0.15) is 112 Å². The minimum Gasteiger partial charge on any atom is -0.378 e. The molecule has 0 atom stereocenters. The van der Waals surface area contributed by atoms with Gasteiger partial charge in [-0.2, -0.15) is 10.2 Å². The van der Waals surface area contributed by atoms with Gasteiger partial charge in [0.2, 0.25) is 0 Å². The van der Waals surface area contributed by atoms with Crippen LogP contribution in [0.2, 0.25) is 0 Å². The molecule has 0 spiro atoms. The van der Waals surface area contributed by atoms with Gasteiger partial charge in [0.15, 0.2) is 0 Å². The maximum atomic E-state index is 4.45. The van der Waals surface area contributed by atoms with Crippen LogP contribution in [0.5, 0.6) is 0 Å². The van der Waals surface area contributed by atoms with Crippen LogP contribution in [-0.2, 0) is 21.7 Å². The van der Waals surface area contributed by atoms with Crippen LogP contribution >= 0.6 is 0 Å². The summed E-state index contributed by atoms with van der Waals surface area (Å²) in [6, 6.07) is 31.6. The number of fused-ring (bicyclic) bond motifs is 8. The second kappa shape index (κ2) is 12.1. The Hall–Kier alpha value is -5.48. The van der Waals surface area contributed by atoms with Crippen molar-refractivity contribution in [3.63, 3.8) is 0 Å². The predicted octanol–water partition coefficient (Wildman–Crippen LogP) is 10.5. The molecule has 260 valence electrons. The lowest BCUT2D eigenvalue weighted by Gasteiger charge is -2.28. The minimum absolute atomic E-state index is 0.241. The number of aromatic amines is 4. The van der Waals surface area contributed by atoms with E-state index in [2.05, 4.69) is 145 Å². The second-order valence-electron chi connectivity index (χ2n) is 16.2. The zero-order valence-electron chi connectivity index (χ0n) is 31.5. The zero-order chi connectivity index (χ0) is 36.3. The van der Waals surface area contributed by atoms with E-state index >= 15 is 0 Å². The summed E-state index contributed by atoms with van der Waals surface area (Å²) < 4.78 is 0. The molecule has 0 amide bonds. The minimum atomic E-state index is -0.386. The molecule has 51 heavy (non-hydrogen) atoms. The molecule has 1 aliphatic heterocycles. The van der Waals surface area contributed by atoms with Gasteiger partial charge in [-0.1, -0.05) is 11.8 Å². The Morgan fingerprint density at radius 1 is 0.451 bits per heavy atom. The van der Waals surface area contributed by atoms with Crippen LogP contribution in [0.3, 0.4) is 0 Å². The first-order chi connectivity index (χ1) is 24.1. The molecule has 0 fully saturated rings. The summed E-state index contributed by atoms with van der Waals surface area (Å²) in [5.74, 6) is 7.01. The normalized spacial score (nSPS) is 16.8. The van der Waals surface area contributed by atoms with E-state index < -0.39 is 0 Å². The quantitative estimate of drug-likeness (QED) is 0.109. The van der Waals surface area contributed by atoms with Crippen molar-refractivity contribution in [2.45, 2.75) is 77.0 Å². The topological polar surface area (TPSA) is 91.1 Å². The van der Waals surface area contributed by atoms with Gasteiger partial charge in [-0.3, -0.25) is 0 Å². The highest BCUT2D eigenvalue weighted by Gasteiger charge is 2.37. The lowest BCUT2D eigenvalue weighted by molar-refractivity contribution is 0.545. The number of H-pyrrole nitrogens is 4. The van der Waals surface area contributed by atoms with Gasteiger partial charge in [0, 0.05) is 98.1 Å². The van der Waals surface area contributed by atoms with Crippen molar-refractivity contribution >= 4 is 17.1 Å². The summed E-state index contributed by atoms with van der Waals surface area (Å²) in [7, 11) is 4.05. The van der Waals surface area contributed by atoms with E-state index in [9.17, 15) is 0 Å². The molecule has 2 aromatic carbocycles. The molecule has 4 aromatic heterocycles. The Balaban J connectivity index is 1.27. The average molecular weight is 676 g/mol. The molecule has 7 rings (SSSR count). The Morgan fingerprint density at radius 3 is 1.27 bits per heavy atom. The third-order valence-corrected chi connectivity index (χ3v) is 11.1. The summed E-state index contributed by atoms with van der Waals surface area (Å²) in [5.41, 5.74) is 12.6. The van der Waals surface area contributed by atoms with Gasteiger partial charge in [0.05, 0.1) is 11.4 Å². The second-order valence-corrected chi connectivity index (χ2v) is 16.2. The highest BCUT2D eigenvalue weighted by molar-refractivity contribution is 5.55. The monoisotopic (exact) mass is 675 g/mol. The number of benzene rings is 2. The fraction of sp³-hybridized carbons (Fsp3) is 0.318. The third kappa shape index (κ3) is 6.03. The predicted molar refractivity (Wildman–Crippen MR) is 209 cm³/mol. The van der Waals surface area contributed by atoms with E-state index in [4.69, 9.17) is 0 Å². The maximum Gasteiger partial charge on any atom is 0.0858 e. The highest BCUT2D eigenvalue weighted by atomic mass is 15.1. The van der Waals surface area contributed by atoms with E-state index in [0.717, 1.165) is 56.7 Å². The first-order valence-corrected chi connectivity index (χ1v) is 17.7. The number of hydrogen-bond acceptors (Lipinski definition) is 3. The number of rotatable bonds is 3. The fourth-order valence-electron chi connectivity index (χ4n) is 7.01. The van der Waals surface area contributed by atoms with Gasteiger partial charge in [-0.15, -0.1) is 0 Å². The van der Waals surface area contributed by atoms with Crippen molar-refractivity contribution in [3.8, 4) is 11.8 Å². The molecule has 7 heteroatoms. The zero-order valence-corrected chi connectivity index (χ0v) is 31.5. The van der Waals surface area contributed by atoms with Gasteiger partial charge in [-0.25, -0.2) is 0 Å². The van der Waals surface area contributed by atoms with E-state index in [0.29, 0.717) is 0 Å². The summed E-state index contributed by atoms with van der Waals surface area (Å²) in [6.45, 7) is 18.2. The molecule has 0 saturated heterocycles. The molecule has 0 radical (unpaired) electrons. The summed E-state index contributed by atoms with van der Waals surface area (Å²) in [5, 5.41) is 8.87. The van der Waals surface area contributed by atoms with Gasteiger partial charge >= 0.3 is 0 Å². The van der Waals surface area contributed by atoms with E-state index in [1.165, 1.54) is 17.1 Å². The van der Waals surface area contributed by atoms with Crippen LogP contribution in [0.4, 0.5) is 17.1 Å². The van der Waals surface area contributed by atoms with Crippen molar-refractivity contribution in [1.29, 1.82) is 0 Å². The van der Waals surface area contributed by atoms with Crippen LogP contribution in [0, 0.1) is 11.8 Å². The SMILES string of the molecule is CN(C)c1ccc(N=Nc2ccc(C#Cc3cc4[nH]c3C(C)(C)c3ccc([nH]3)C(C)(C)c3ccc([nH]3)C(C)(C)c3ccc([nH]3)C4(C)C)cc2)cc1. The lowest BCUT2D eigenvalue weighted by Crippen LogP contribution is -2.26. The van der Waals surface area contributed by atoms with Gasteiger partial charge in [0.1, 0.15) is 0 Å². The van der Waals surface area contributed by atoms with Gasteiger partial charge < -0.3 is 24.8 Å². The summed E-state index contributed by atoms with van der Waals surface area (Å²) >= 11 is 0. The number of nitrogens with zero attached hydrogens (tertiary/aromatic N) is 3. The van der Waals surface area contributed by atoms with Crippen molar-refractivity contribution in [1.82, 2.24) is 19.9 Å². The molecule has 0 saturated carbocycles. The molecule has 1 aliphatic rings. The van der Waals surface area contributed by atoms with E-state index in [-0.39, 0.29) is 21.7 Å². The summed E-state index contributed by atoms with van der Waals surface area (Å²) in [4.78, 5) is 17.4. The molecule has 4 N–H and O–H groups in total. The van der Waals surface area contributed by atoms with Crippen molar-refractivity contribution < 1.29 is 0 Å². The molecule has 7 nitrogen and oxygen atoms in total. The van der Waals surface area contributed by atoms with Crippen LogP contribution in [-0.4, -0.2) is 34.0 Å². The Labute approximate surface area is 302 Å². The first kappa shape index (κ1) is 34.0. The smallest absolute Gasteiger partial charge is 0.0858 e. The van der Waals surface area contributed by atoms with Crippen LogP contribution in [0.15, 0.2) is 101 Å². The molecule has 0 aliphatic carbocycles. The van der Waals surface area contributed by atoms with Gasteiger partial charge in [0.25, 0.3) is 0 Å². The van der Waals surface area contributed by atoms with Crippen molar-refractivity contribution in [2.24, 2.45) is 10.2 Å². The first-order valence-electron chi connectivity index (χ1n) is 17.7. The number of azo groups is 1.